The fourth-order valence-electron chi connectivity index (χ4n) is 2.55. The summed E-state index contributed by atoms with van der Waals surface area (Å²) >= 11 is 0. The van der Waals surface area contributed by atoms with Crippen LogP contribution in [-0.4, -0.2) is 24.9 Å². The van der Waals surface area contributed by atoms with E-state index in [0.717, 1.165) is 24.3 Å². The summed E-state index contributed by atoms with van der Waals surface area (Å²) in [6.45, 7) is 4.03. The van der Waals surface area contributed by atoms with Crippen molar-refractivity contribution >= 4 is 0 Å². The number of allylic oxidation sites excluding steroid dienone is 1. The summed E-state index contributed by atoms with van der Waals surface area (Å²) in [4.78, 5) is 0. The molecule has 3 atom stereocenters. The van der Waals surface area contributed by atoms with Crippen LogP contribution in [0.2, 0.25) is 0 Å². The fourth-order valence-corrected chi connectivity index (χ4v) is 2.55. The van der Waals surface area contributed by atoms with Crippen molar-refractivity contribution in [3.8, 4) is 11.5 Å². The molecule has 0 bridgehead atoms. The summed E-state index contributed by atoms with van der Waals surface area (Å²) < 4.78 is 11.0. The number of hydrogen-bond donors (Lipinski definition) is 1. The summed E-state index contributed by atoms with van der Waals surface area (Å²) in [5.74, 6) is 2.32. The van der Waals surface area contributed by atoms with Gasteiger partial charge in [0.25, 0.3) is 0 Å². The van der Waals surface area contributed by atoms with Gasteiger partial charge in [0.1, 0.15) is 11.5 Å². The standard InChI is InChI=1S/C15H20O3/c1-3-11-8-15(9-12(11)10-16)18-14-6-4-13(17-2)5-7-14/h3-7,11-12,15-16H,1,8-10H2,2H3/t11-,12+,15+/m1/s1. The number of aliphatic hydroxyl groups excluding tert-OH is 1. The third kappa shape index (κ3) is 2.85. The molecule has 1 aromatic carbocycles. The second-order valence-electron chi connectivity index (χ2n) is 4.73. The van der Waals surface area contributed by atoms with E-state index in [2.05, 4.69) is 6.58 Å². The quantitative estimate of drug-likeness (QED) is 0.814. The normalized spacial score (nSPS) is 26.9. The van der Waals surface area contributed by atoms with Crippen LogP contribution < -0.4 is 9.47 Å². The summed E-state index contributed by atoms with van der Waals surface area (Å²) in [6, 6.07) is 7.60. The minimum atomic E-state index is 0.165. The molecule has 1 aromatic rings. The lowest BCUT2D eigenvalue weighted by molar-refractivity contribution is 0.181. The maximum atomic E-state index is 9.30. The third-order valence-corrected chi connectivity index (χ3v) is 3.61. The second kappa shape index (κ2) is 5.91. The molecule has 1 N–H and O–H groups in total. The second-order valence-corrected chi connectivity index (χ2v) is 4.73. The molecule has 0 aliphatic heterocycles. The maximum absolute atomic E-state index is 9.30. The zero-order chi connectivity index (χ0) is 13.0. The average Bonchev–Trinajstić information content (AvgIpc) is 2.81. The SMILES string of the molecule is C=C[C@@H]1C[C@H](Oc2ccc(OC)cc2)C[C@H]1CO. The Kier molecular flexibility index (Phi) is 4.26. The van der Waals surface area contributed by atoms with E-state index < -0.39 is 0 Å². The van der Waals surface area contributed by atoms with Crippen LogP contribution in [0.25, 0.3) is 0 Å². The Labute approximate surface area is 108 Å². The Balaban J connectivity index is 1.95. The molecule has 18 heavy (non-hydrogen) atoms. The molecule has 2 rings (SSSR count). The summed E-state index contributed by atoms with van der Waals surface area (Å²) in [6.07, 6.45) is 3.91. The Morgan fingerprint density at radius 2 is 1.94 bits per heavy atom. The van der Waals surface area contributed by atoms with Crippen LogP contribution in [-0.2, 0) is 0 Å². The van der Waals surface area contributed by atoms with E-state index >= 15 is 0 Å². The lowest BCUT2D eigenvalue weighted by atomic mass is 9.97. The smallest absolute Gasteiger partial charge is 0.119 e. The number of ether oxygens (including phenoxy) is 2. The van der Waals surface area contributed by atoms with E-state index in [4.69, 9.17) is 9.47 Å². The number of benzene rings is 1. The first kappa shape index (κ1) is 13.0. The van der Waals surface area contributed by atoms with Crippen LogP contribution in [0, 0.1) is 11.8 Å². The van der Waals surface area contributed by atoms with E-state index in [0.29, 0.717) is 5.92 Å². The van der Waals surface area contributed by atoms with Gasteiger partial charge in [0, 0.05) is 6.61 Å². The van der Waals surface area contributed by atoms with Crippen molar-refractivity contribution in [2.75, 3.05) is 13.7 Å². The molecule has 0 spiro atoms. The van der Waals surface area contributed by atoms with Gasteiger partial charge in [0.15, 0.2) is 0 Å². The molecule has 0 heterocycles. The molecule has 1 aliphatic carbocycles. The van der Waals surface area contributed by atoms with E-state index in [1.54, 1.807) is 7.11 Å². The van der Waals surface area contributed by atoms with Gasteiger partial charge in [-0.3, -0.25) is 0 Å². The molecule has 0 saturated heterocycles. The number of rotatable bonds is 5. The Morgan fingerprint density at radius 1 is 1.28 bits per heavy atom. The van der Waals surface area contributed by atoms with Crippen LogP contribution in [0.4, 0.5) is 0 Å². The van der Waals surface area contributed by atoms with E-state index in [-0.39, 0.29) is 18.6 Å². The van der Waals surface area contributed by atoms with Crippen molar-refractivity contribution in [1.82, 2.24) is 0 Å². The van der Waals surface area contributed by atoms with Crippen LogP contribution in [0.3, 0.4) is 0 Å². The molecule has 3 heteroatoms. The average molecular weight is 248 g/mol. The van der Waals surface area contributed by atoms with Crippen molar-refractivity contribution in [2.24, 2.45) is 11.8 Å². The van der Waals surface area contributed by atoms with Crippen molar-refractivity contribution in [2.45, 2.75) is 18.9 Å². The highest BCUT2D eigenvalue weighted by Gasteiger charge is 2.33. The highest BCUT2D eigenvalue weighted by molar-refractivity contribution is 5.31. The predicted octanol–water partition coefficient (Wildman–Crippen LogP) is 2.65. The summed E-state index contributed by atoms with van der Waals surface area (Å²) in [5, 5.41) is 9.30. The van der Waals surface area contributed by atoms with Crippen LogP contribution in [0.5, 0.6) is 11.5 Å². The molecule has 3 nitrogen and oxygen atoms in total. The van der Waals surface area contributed by atoms with Gasteiger partial charge in [-0.05, 0) is 48.9 Å². The molecular formula is C15H20O3. The van der Waals surface area contributed by atoms with Gasteiger partial charge in [-0.1, -0.05) is 6.08 Å². The number of hydrogen-bond acceptors (Lipinski definition) is 3. The minimum Gasteiger partial charge on any atom is -0.497 e. The highest BCUT2D eigenvalue weighted by atomic mass is 16.5. The van der Waals surface area contributed by atoms with Gasteiger partial charge in [-0.2, -0.15) is 0 Å². The van der Waals surface area contributed by atoms with Gasteiger partial charge < -0.3 is 14.6 Å². The van der Waals surface area contributed by atoms with Crippen LogP contribution in [0.15, 0.2) is 36.9 Å². The van der Waals surface area contributed by atoms with Gasteiger partial charge in [-0.15, -0.1) is 6.58 Å². The van der Waals surface area contributed by atoms with Gasteiger partial charge in [0.2, 0.25) is 0 Å². The Hall–Kier alpha value is -1.48. The number of aliphatic hydroxyl groups is 1. The molecule has 1 fully saturated rings. The Morgan fingerprint density at radius 3 is 2.44 bits per heavy atom. The lowest BCUT2D eigenvalue weighted by Crippen LogP contribution is -2.13. The van der Waals surface area contributed by atoms with Crippen molar-refractivity contribution in [3.63, 3.8) is 0 Å². The first-order chi connectivity index (χ1) is 8.76. The molecular weight excluding hydrogens is 228 g/mol. The molecule has 98 valence electrons. The molecule has 0 amide bonds. The Bertz CT molecular complexity index is 385. The highest BCUT2D eigenvalue weighted by Crippen LogP contribution is 2.35. The van der Waals surface area contributed by atoms with Crippen LogP contribution in [0.1, 0.15) is 12.8 Å². The third-order valence-electron chi connectivity index (χ3n) is 3.61. The minimum absolute atomic E-state index is 0.165. The summed E-state index contributed by atoms with van der Waals surface area (Å²) in [5.41, 5.74) is 0. The molecule has 0 radical (unpaired) electrons. The predicted molar refractivity (Wildman–Crippen MR) is 70.9 cm³/mol. The zero-order valence-corrected chi connectivity index (χ0v) is 10.7. The van der Waals surface area contributed by atoms with Gasteiger partial charge in [-0.25, -0.2) is 0 Å². The van der Waals surface area contributed by atoms with Crippen molar-refractivity contribution in [3.05, 3.63) is 36.9 Å². The van der Waals surface area contributed by atoms with Crippen molar-refractivity contribution < 1.29 is 14.6 Å². The molecule has 0 aromatic heterocycles. The fraction of sp³-hybridized carbons (Fsp3) is 0.467. The number of methoxy groups -OCH3 is 1. The van der Waals surface area contributed by atoms with E-state index in [9.17, 15) is 5.11 Å². The van der Waals surface area contributed by atoms with Gasteiger partial charge >= 0.3 is 0 Å². The maximum Gasteiger partial charge on any atom is 0.119 e. The molecule has 1 aliphatic rings. The largest absolute Gasteiger partial charge is 0.497 e. The molecule has 0 unspecified atom stereocenters. The topological polar surface area (TPSA) is 38.7 Å². The van der Waals surface area contributed by atoms with Gasteiger partial charge in [0.05, 0.1) is 13.2 Å². The lowest BCUT2D eigenvalue weighted by Gasteiger charge is -2.13. The van der Waals surface area contributed by atoms with E-state index in [1.807, 2.05) is 30.3 Å². The first-order valence-corrected chi connectivity index (χ1v) is 6.31. The monoisotopic (exact) mass is 248 g/mol. The molecule has 1 saturated carbocycles. The zero-order valence-electron chi connectivity index (χ0n) is 10.7. The summed E-state index contributed by atoms with van der Waals surface area (Å²) in [7, 11) is 1.65. The van der Waals surface area contributed by atoms with E-state index in [1.165, 1.54) is 0 Å². The first-order valence-electron chi connectivity index (χ1n) is 6.31. The van der Waals surface area contributed by atoms with Crippen molar-refractivity contribution in [1.29, 1.82) is 0 Å². The van der Waals surface area contributed by atoms with Crippen LogP contribution >= 0.6 is 0 Å².